The third-order valence-electron chi connectivity index (χ3n) is 2.47. The van der Waals surface area contributed by atoms with Gasteiger partial charge in [0.1, 0.15) is 0 Å². The number of aromatic nitrogens is 3. The summed E-state index contributed by atoms with van der Waals surface area (Å²) >= 11 is 0. The minimum atomic E-state index is -3.96. The highest BCUT2D eigenvalue weighted by molar-refractivity contribution is 5.20. The molecule has 1 saturated carbocycles. The van der Waals surface area contributed by atoms with Crippen molar-refractivity contribution < 1.29 is 17.6 Å². The maximum atomic E-state index is 12.8. The molecule has 0 bridgehead atoms. The van der Waals surface area contributed by atoms with Crippen molar-refractivity contribution in [1.82, 2.24) is 15.0 Å². The van der Waals surface area contributed by atoms with Crippen LogP contribution < -0.4 is 5.73 Å². The number of nitrogens with zero attached hydrogens (tertiary/aromatic N) is 3. The average molecular weight is 224 g/mol. The number of halogens is 4. The smallest absolute Gasteiger partial charge is 0.314 e. The zero-order valence-corrected chi connectivity index (χ0v) is 7.50. The molecule has 0 amide bonds. The Morgan fingerprint density at radius 3 is 2.53 bits per heavy atom. The largest absolute Gasteiger partial charge is 0.381 e. The lowest BCUT2D eigenvalue weighted by atomic mass is 9.77. The van der Waals surface area contributed by atoms with Crippen LogP contribution in [0.4, 0.5) is 23.4 Å². The van der Waals surface area contributed by atoms with Gasteiger partial charge in [0.25, 0.3) is 0 Å². The fraction of sp³-hybridized carbons (Fsp3) is 0.714. The number of hydrogen-bond acceptors (Lipinski definition) is 3. The number of nitrogens with two attached hydrogens (primary N) is 1. The van der Waals surface area contributed by atoms with Crippen LogP contribution >= 0.6 is 0 Å². The first-order valence-corrected chi connectivity index (χ1v) is 4.24. The maximum Gasteiger partial charge on any atom is 0.314 e. The summed E-state index contributed by atoms with van der Waals surface area (Å²) in [6.07, 6.45) is 0.395. The molecule has 2 N–H and O–H groups in total. The van der Waals surface area contributed by atoms with Gasteiger partial charge >= 0.3 is 11.8 Å². The number of nitrogen functional groups attached to an aromatic ring is 1. The second-order valence-electron chi connectivity index (χ2n) is 3.59. The van der Waals surface area contributed by atoms with Crippen molar-refractivity contribution >= 4 is 5.82 Å². The molecule has 2 rings (SSSR count). The summed E-state index contributed by atoms with van der Waals surface area (Å²) in [5, 5.41) is 6.78. The lowest BCUT2D eigenvalue weighted by Crippen LogP contribution is -2.59. The molecule has 1 atom stereocenters. The van der Waals surface area contributed by atoms with Crippen LogP contribution in [0, 0.1) is 5.92 Å². The van der Waals surface area contributed by atoms with Gasteiger partial charge in [0.2, 0.25) is 0 Å². The molecule has 84 valence electrons. The molecular weight excluding hydrogens is 216 g/mol. The van der Waals surface area contributed by atoms with E-state index in [0.717, 1.165) is 4.68 Å². The van der Waals surface area contributed by atoms with Crippen LogP contribution in [0.25, 0.3) is 0 Å². The van der Waals surface area contributed by atoms with Gasteiger partial charge in [-0.15, -0.1) is 5.10 Å². The third-order valence-corrected chi connectivity index (χ3v) is 2.47. The molecule has 0 saturated heterocycles. The van der Waals surface area contributed by atoms with Crippen LogP contribution in [-0.2, 0) is 6.54 Å². The minimum Gasteiger partial charge on any atom is -0.381 e. The van der Waals surface area contributed by atoms with Crippen molar-refractivity contribution in [2.24, 2.45) is 5.92 Å². The molecular formula is C7H8F4N4. The van der Waals surface area contributed by atoms with Gasteiger partial charge in [-0.3, -0.25) is 0 Å². The van der Waals surface area contributed by atoms with E-state index >= 15 is 0 Å². The molecule has 0 radical (unpaired) electrons. The normalized spacial score (nSPS) is 27.3. The second-order valence-corrected chi connectivity index (χ2v) is 3.59. The second kappa shape index (κ2) is 2.83. The van der Waals surface area contributed by atoms with Crippen LogP contribution in [0.3, 0.4) is 0 Å². The van der Waals surface area contributed by atoms with Crippen molar-refractivity contribution in [3.05, 3.63) is 6.20 Å². The average Bonchev–Trinajstić information content (AvgIpc) is 2.50. The van der Waals surface area contributed by atoms with Crippen molar-refractivity contribution in [1.29, 1.82) is 0 Å². The van der Waals surface area contributed by atoms with Gasteiger partial charge in [0, 0.05) is 6.42 Å². The van der Waals surface area contributed by atoms with Crippen LogP contribution in [0.2, 0.25) is 0 Å². The molecule has 0 aromatic carbocycles. The Morgan fingerprint density at radius 2 is 2.13 bits per heavy atom. The minimum absolute atomic E-state index is 0.0735. The Morgan fingerprint density at radius 1 is 1.47 bits per heavy atom. The Kier molecular flexibility index (Phi) is 1.92. The van der Waals surface area contributed by atoms with Crippen molar-refractivity contribution in [3.8, 4) is 0 Å². The summed E-state index contributed by atoms with van der Waals surface area (Å²) in [5.74, 6) is -9.20. The number of anilines is 1. The van der Waals surface area contributed by atoms with Gasteiger partial charge in [0.05, 0.1) is 18.7 Å². The first-order chi connectivity index (χ1) is 6.83. The first kappa shape index (κ1) is 10.2. The van der Waals surface area contributed by atoms with E-state index in [4.69, 9.17) is 5.73 Å². The monoisotopic (exact) mass is 224 g/mol. The standard InChI is InChI=1S/C7H8F4N4/c8-6(9)1-4(7(6,10)11)2-15-3-5(12)13-14-15/h3-4H,1-2,12H2. The highest BCUT2D eigenvalue weighted by Gasteiger charge is 2.71. The molecule has 1 aromatic heterocycles. The topological polar surface area (TPSA) is 56.7 Å². The highest BCUT2D eigenvalue weighted by atomic mass is 19.3. The highest BCUT2D eigenvalue weighted by Crippen LogP contribution is 2.55. The molecule has 15 heavy (non-hydrogen) atoms. The predicted octanol–water partition coefficient (Wildman–Crippen LogP) is 1.15. The Hall–Kier alpha value is -1.34. The van der Waals surface area contributed by atoms with Crippen molar-refractivity contribution in [2.75, 3.05) is 5.73 Å². The number of hydrogen-bond donors (Lipinski definition) is 1. The molecule has 1 aromatic rings. The van der Waals surface area contributed by atoms with Crippen LogP contribution in [0.5, 0.6) is 0 Å². The van der Waals surface area contributed by atoms with E-state index in [1.165, 1.54) is 6.20 Å². The molecule has 8 heteroatoms. The summed E-state index contributed by atoms with van der Waals surface area (Å²) < 4.78 is 51.6. The molecule has 1 aliphatic carbocycles. The molecule has 1 fully saturated rings. The summed E-state index contributed by atoms with van der Waals surface area (Å²) in [7, 11) is 0. The summed E-state index contributed by atoms with van der Waals surface area (Å²) in [4.78, 5) is 0. The lowest BCUT2D eigenvalue weighted by molar-refractivity contribution is -0.316. The Bertz CT molecular complexity index is 375. The molecule has 0 aliphatic heterocycles. The lowest BCUT2D eigenvalue weighted by Gasteiger charge is -2.43. The van der Waals surface area contributed by atoms with Gasteiger partial charge in [-0.05, 0) is 0 Å². The fourth-order valence-electron chi connectivity index (χ4n) is 1.55. The molecule has 4 nitrogen and oxygen atoms in total. The van der Waals surface area contributed by atoms with Crippen molar-refractivity contribution in [3.63, 3.8) is 0 Å². The SMILES string of the molecule is Nc1cn(CC2CC(F)(F)C2(F)F)nn1. The summed E-state index contributed by atoms with van der Waals surface area (Å²) in [6, 6.07) is 0. The van der Waals surface area contributed by atoms with E-state index in [2.05, 4.69) is 10.3 Å². The van der Waals surface area contributed by atoms with E-state index in [0.29, 0.717) is 0 Å². The van der Waals surface area contributed by atoms with Gasteiger partial charge in [-0.2, -0.15) is 17.6 Å². The number of rotatable bonds is 2. The zero-order chi connectivity index (χ0) is 11.3. The molecule has 1 heterocycles. The zero-order valence-electron chi connectivity index (χ0n) is 7.50. The van der Waals surface area contributed by atoms with E-state index in [9.17, 15) is 17.6 Å². The quantitative estimate of drug-likeness (QED) is 0.766. The van der Waals surface area contributed by atoms with Crippen molar-refractivity contribution in [2.45, 2.75) is 24.8 Å². The van der Waals surface area contributed by atoms with Gasteiger partial charge in [0.15, 0.2) is 5.82 Å². The van der Waals surface area contributed by atoms with E-state index in [-0.39, 0.29) is 12.4 Å². The molecule has 1 unspecified atom stereocenters. The van der Waals surface area contributed by atoms with E-state index in [1.807, 2.05) is 0 Å². The Balaban J connectivity index is 2.04. The fourth-order valence-corrected chi connectivity index (χ4v) is 1.55. The van der Waals surface area contributed by atoms with E-state index < -0.39 is 24.2 Å². The Labute approximate surface area is 82.0 Å². The van der Waals surface area contributed by atoms with Gasteiger partial charge < -0.3 is 5.73 Å². The third kappa shape index (κ3) is 1.44. The summed E-state index contributed by atoms with van der Waals surface area (Å²) in [5.41, 5.74) is 5.20. The number of alkyl halides is 4. The van der Waals surface area contributed by atoms with Gasteiger partial charge in [-0.1, -0.05) is 5.21 Å². The van der Waals surface area contributed by atoms with Crippen LogP contribution in [0.15, 0.2) is 6.20 Å². The first-order valence-electron chi connectivity index (χ1n) is 4.24. The van der Waals surface area contributed by atoms with Gasteiger partial charge in [-0.25, -0.2) is 4.68 Å². The molecule has 1 aliphatic rings. The maximum absolute atomic E-state index is 12.8. The van der Waals surface area contributed by atoms with Crippen LogP contribution in [-0.4, -0.2) is 26.8 Å². The van der Waals surface area contributed by atoms with E-state index in [1.54, 1.807) is 0 Å². The predicted molar refractivity (Wildman–Crippen MR) is 42.4 cm³/mol. The van der Waals surface area contributed by atoms with Crippen LogP contribution in [0.1, 0.15) is 6.42 Å². The molecule has 0 spiro atoms. The summed E-state index contributed by atoms with van der Waals surface area (Å²) in [6.45, 7) is -0.299.